The summed E-state index contributed by atoms with van der Waals surface area (Å²) in [6, 6.07) is 10.1. The molecule has 0 saturated heterocycles. The highest BCUT2D eigenvalue weighted by Crippen LogP contribution is 2.27. The number of anilines is 1. The zero-order valence-electron chi connectivity index (χ0n) is 19.5. The van der Waals surface area contributed by atoms with Crippen LogP contribution in [0.15, 0.2) is 48.8 Å². The van der Waals surface area contributed by atoms with Gasteiger partial charge in [0.05, 0.1) is 17.6 Å². The fourth-order valence-corrected chi connectivity index (χ4v) is 3.47. The summed E-state index contributed by atoms with van der Waals surface area (Å²) in [5.41, 5.74) is 0.748. The molecule has 35 heavy (non-hydrogen) atoms. The van der Waals surface area contributed by atoms with E-state index in [0.29, 0.717) is 18.7 Å². The Bertz CT molecular complexity index is 1360. The maximum Gasteiger partial charge on any atom is 0.280 e. The van der Waals surface area contributed by atoms with Crippen LogP contribution < -0.4 is 10.6 Å². The van der Waals surface area contributed by atoms with Gasteiger partial charge in [-0.25, -0.2) is 18.3 Å². The molecular formula is C24H25F2N7O2. The summed E-state index contributed by atoms with van der Waals surface area (Å²) in [4.78, 5) is 30.3. The zero-order chi connectivity index (χ0) is 25.1. The van der Waals surface area contributed by atoms with Gasteiger partial charge in [0.25, 0.3) is 18.2 Å². The molecule has 3 aromatic heterocycles. The summed E-state index contributed by atoms with van der Waals surface area (Å²) in [6.45, 7) is 6.70. The molecule has 11 heteroatoms. The van der Waals surface area contributed by atoms with E-state index >= 15 is 0 Å². The molecule has 3 heterocycles. The number of fused-ring (bicyclic) bond motifs is 1. The predicted molar refractivity (Wildman–Crippen MR) is 126 cm³/mol. The SMILES string of the molecule is CCn1cc(NC(=O)c2cnn3c(C(F)F)cc(-c4ccccc4)nc23)c(C(=O)NCC(C)C)n1. The summed E-state index contributed by atoms with van der Waals surface area (Å²) < 4.78 is 30.1. The van der Waals surface area contributed by atoms with Gasteiger partial charge in [-0.2, -0.15) is 10.2 Å². The average molecular weight is 482 g/mol. The number of halogens is 2. The minimum absolute atomic E-state index is 0.0116. The Morgan fingerprint density at radius 1 is 1.11 bits per heavy atom. The van der Waals surface area contributed by atoms with Crippen molar-refractivity contribution >= 4 is 23.1 Å². The molecule has 1 aromatic carbocycles. The lowest BCUT2D eigenvalue weighted by Gasteiger charge is -2.09. The third-order valence-electron chi connectivity index (χ3n) is 5.26. The van der Waals surface area contributed by atoms with Crippen LogP contribution in [0, 0.1) is 5.92 Å². The number of hydrogen-bond donors (Lipinski definition) is 2. The fraction of sp³-hybridized carbons (Fsp3) is 0.292. The summed E-state index contributed by atoms with van der Waals surface area (Å²) >= 11 is 0. The first-order chi connectivity index (χ1) is 16.8. The number of aromatic nitrogens is 5. The Labute approximate surface area is 200 Å². The quantitative estimate of drug-likeness (QED) is 0.393. The van der Waals surface area contributed by atoms with Crippen LogP contribution in [0.3, 0.4) is 0 Å². The van der Waals surface area contributed by atoms with Crippen LogP contribution >= 0.6 is 0 Å². The molecule has 4 rings (SSSR count). The van der Waals surface area contributed by atoms with Gasteiger partial charge in [-0.3, -0.25) is 14.3 Å². The first kappa shape index (κ1) is 24.0. The zero-order valence-corrected chi connectivity index (χ0v) is 19.5. The van der Waals surface area contributed by atoms with E-state index in [9.17, 15) is 18.4 Å². The third kappa shape index (κ3) is 5.03. The van der Waals surface area contributed by atoms with Crippen molar-refractivity contribution in [2.45, 2.75) is 33.7 Å². The van der Waals surface area contributed by atoms with E-state index in [1.165, 1.54) is 16.9 Å². The standard InChI is InChI=1S/C24H25F2N7O2/c1-4-32-13-18(20(31-32)24(35)27-11-14(2)3)30-23(34)16-12-28-33-19(21(25)26)10-17(29-22(16)33)15-8-6-5-7-9-15/h5-10,12-14,21H,4,11H2,1-3H3,(H,27,35)(H,30,34). The van der Waals surface area contributed by atoms with Gasteiger partial charge < -0.3 is 10.6 Å². The number of rotatable bonds is 8. The Balaban J connectivity index is 1.72. The molecule has 0 fully saturated rings. The van der Waals surface area contributed by atoms with Gasteiger partial charge in [0.1, 0.15) is 11.3 Å². The lowest BCUT2D eigenvalue weighted by Crippen LogP contribution is -2.28. The van der Waals surface area contributed by atoms with Crippen molar-refractivity contribution in [3.05, 3.63) is 65.7 Å². The van der Waals surface area contributed by atoms with Crippen molar-refractivity contribution < 1.29 is 18.4 Å². The molecule has 0 aliphatic rings. The molecule has 0 unspecified atom stereocenters. The monoisotopic (exact) mass is 481 g/mol. The van der Waals surface area contributed by atoms with Crippen LogP contribution in [0.25, 0.3) is 16.9 Å². The molecule has 0 spiro atoms. The van der Waals surface area contributed by atoms with Crippen molar-refractivity contribution in [2.75, 3.05) is 11.9 Å². The molecule has 4 aromatic rings. The Morgan fingerprint density at radius 2 is 1.86 bits per heavy atom. The van der Waals surface area contributed by atoms with Gasteiger partial charge in [0.15, 0.2) is 11.3 Å². The van der Waals surface area contributed by atoms with Crippen LogP contribution in [0.4, 0.5) is 14.5 Å². The molecule has 0 bridgehead atoms. The van der Waals surface area contributed by atoms with Crippen LogP contribution in [0.2, 0.25) is 0 Å². The summed E-state index contributed by atoms with van der Waals surface area (Å²) in [7, 11) is 0. The van der Waals surface area contributed by atoms with E-state index in [2.05, 4.69) is 25.8 Å². The van der Waals surface area contributed by atoms with Crippen LogP contribution in [-0.4, -0.2) is 42.7 Å². The number of nitrogens with one attached hydrogen (secondary N) is 2. The molecule has 0 atom stereocenters. The van der Waals surface area contributed by atoms with Crippen LogP contribution in [0.1, 0.15) is 53.7 Å². The van der Waals surface area contributed by atoms with Crippen molar-refractivity contribution in [3.8, 4) is 11.3 Å². The second kappa shape index (κ2) is 10.00. The van der Waals surface area contributed by atoms with Gasteiger partial charge in [-0.1, -0.05) is 44.2 Å². The molecule has 0 saturated carbocycles. The second-order valence-corrected chi connectivity index (χ2v) is 8.33. The van der Waals surface area contributed by atoms with Crippen molar-refractivity contribution in [3.63, 3.8) is 0 Å². The second-order valence-electron chi connectivity index (χ2n) is 8.33. The van der Waals surface area contributed by atoms with E-state index in [4.69, 9.17) is 0 Å². The number of aryl methyl sites for hydroxylation is 1. The number of carbonyl (C=O) groups excluding carboxylic acids is 2. The van der Waals surface area contributed by atoms with E-state index < -0.39 is 18.2 Å². The van der Waals surface area contributed by atoms with E-state index in [1.54, 1.807) is 36.5 Å². The highest BCUT2D eigenvalue weighted by atomic mass is 19.3. The van der Waals surface area contributed by atoms with E-state index in [1.807, 2.05) is 20.8 Å². The molecule has 0 radical (unpaired) electrons. The minimum atomic E-state index is -2.84. The van der Waals surface area contributed by atoms with Crippen LogP contribution in [-0.2, 0) is 6.54 Å². The van der Waals surface area contributed by atoms with Gasteiger partial charge in [0, 0.05) is 24.8 Å². The summed E-state index contributed by atoms with van der Waals surface area (Å²) in [5, 5.41) is 13.7. The van der Waals surface area contributed by atoms with E-state index in [0.717, 1.165) is 4.52 Å². The van der Waals surface area contributed by atoms with Gasteiger partial charge in [-0.15, -0.1) is 0 Å². The molecule has 0 aliphatic carbocycles. The highest BCUT2D eigenvalue weighted by molar-refractivity contribution is 6.11. The Hall–Kier alpha value is -4.15. The number of nitrogens with zero attached hydrogens (tertiary/aromatic N) is 5. The lowest BCUT2D eigenvalue weighted by molar-refractivity contribution is 0.0944. The number of alkyl halides is 2. The van der Waals surface area contributed by atoms with Crippen molar-refractivity contribution in [1.82, 2.24) is 29.7 Å². The molecule has 2 amide bonds. The molecule has 182 valence electrons. The smallest absolute Gasteiger partial charge is 0.280 e. The minimum Gasteiger partial charge on any atom is -0.350 e. The third-order valence-corrected chi connectivity index (χ3v) is 5.26. The summed E-state index contributed by atoms with van der Waals surface area (Å²) in [6.07, 6.45) is -0.111. The Kier molecular flexibility index (Phi) is 6.85. The number of benzene rings is 1. The number of carbonyl (C=O) groups is 2. The van der Waals surface area contributed by atoms with Crippen molar-refractivity contribution in [1.29, 1.82) is 0 Å². The maximum absolute atomic E-state index is 13.8. The van der Waals surface area contributed by atoms with Crippen LogP contribution in [0.5, 0.6) is 0 Å². The van der Waals surface area contributed by atoms with Gasteiger partial charge >= 0.3 is 0 Å². The van der Waals surface area contributed by atoms with Gasteiger partial charge in [-0.05, 0) is 18.9 Å². The predicted octanol–water partition coefficient (Wildman–Crippen LogP) is 4.19. The number of hydrogen-bond acceptors (Lipinski definition) is 5. The van der Waals surface area contributed by atoms with Crippen molar-refractivity contribution in [2.24, 2.45) is 5.92 Å². The fourth-order valence-electron chi connectivity index (χ4n) is 3.47. The lowest BCUT2D eigenvalue weighted by atomic mass is 10.1. The largest absolute Gasteiger partial charge is 0.350 e. The van der Waals surface area contributed by atoms with Gasteiger partial charge in [0.2, 0.25) is 0 Å². The maximum atomic E-state index is 13.8. The average Bonchev–Trinajstić information content (AvgIpc) is 3.46. The molecule has 0 aliphatic heterocycles. The Morgan fingerprint density at radius 3 is 2.51 bits per heavy atom. The first-order valence-electron chi connectivity index (χ1n) is 11.2. The van der Waals surface area contributed by atoms with E-state index in [-0.39, 0.29) is 39.9 Å². The molecule has 9 nitrogen and oxygen atoms in total. The molecular weight excluding hydrogens is 456 g/mol. The molecule has 2 N–H and O–H groups in total. The number of amides is 2. The highest BCUT2D eigenvalue weighted by Gasteiger charge is 2.24. The summed E-state index contributed by atoms with van der Waals surface area (Å²) in [5.74, 6) is -0.838. The topological polar surface area (TPSA) is 106 Å². The normalized spacial score (nSPS) is 11.4. The first-order valence-corrected chi connectivity index (χ1v) is 11.2.